The molecular formula is C33H27N3. The van der Waals surface area contributed by atoms with Gasteiger partial charge in [-0.15, -0.1) is 0 Å². The Kier molecular flexibility index (Phi) is 6.93. The van der Waals surface area contributed by atoms with Crippen LogP contribution < -0.4 is 5.73 Å². The lowest BCUT2D eigenvalue weighted by Crippen LogP contribution is -1.96. The molecule has 0 fully saturated rings. The number of aliphatic imine (C=N–C) groups is 1. The Labute approximate surface area is 212 Å². The summed E-state index contributed by atoms with van der Waals surface area (Å²) in [6.45, 7) is 0.521. The Bertz CT molecular complexity index is 1490. The first-order chi connectivity index (χ1) is 17.7. The van der Waals surface area contributed by atoms with Crippen molar-refractivity contribution in [1.82, 2.24) is 0 Å². The van der Waals surface area contributed by atoms with E-state index in [2.05, 4.69) is 96.0 Å². The fourth-order valence-electron chi connectivity index (χ4n) is 4.19. The molecule has 174 valence electrons. The zero-order chi connectivity index (χ0) is 24.7. The average molecular weight is 466 g/mol. The van der Waals surface area contributed by atoms with Gasteiger partial charge in [-0.1, -0.05) is 109 Å². The number of benzene rings is 5. The Morgan fingerprint density at radius 2 is 1.06 bits per heavy atom. The topological polar surface area (TPSA) is 62.2 Å². The molecule has 0 bridgehead atoms. The molecule has 5 aromatic carbocycles. The molecule has 0 aliphatic rings. The van der Waals surface area contributed by atoms with Crippen molar-refractivity contribution in [2.75, 3.05) is 0 Å². The van der Waals surface area contributed by atoms with Gasteiger partial charge in [0.2, 0.25) is 0 Å². The molecule has 0 aromatic heterocycles. The maximum absolute atomic E-state index is 8.35. The van der Waals surface area contributed by atoms with Gasteiger partial charge in [-0.3, -0.25) is 5.41 Å². The van der Waals surface area contributed by atoms with E-state index < -0.39 is 0 Å². The van der Waals surface area contributed by atoms with Gasteiger partial charge < -0.3 is 5.73 Å². The number of nitrogens with two attached hydrogens (primary N) is 1. The summed E-state index contributed by atoms with van der Waals surface area (Å²) >= 11 is 0. The van der Waals surface area contributed by atoms with Crippen LogP contribution in [0.25, 0.3) is 33.4 Å². The van der Waals surface area contributed by atoms with E-state index in [0.29, 0.717) is 6.54 Å². The molecule has 3 N–H and O–H groups in total. The van der Waals surface area contributed by atoms with Crippen LogP contribution in [-0.4, -0.2) is 12.1 Å². The van der Waals surface area contributed by atoms with E-state index in [1.54, 1.807) is 6.21 Å². The molecular weight excluding hydrogens is 438 g/mol. The largest absolute Gasteiger partial charge is 0.326 e. The highest BCUT2D eigenvalue weighted by molar-refractivity contribution is 6.03. The molecule has 0 saturated carbocycles. The number of rotatable bonds is 6. The molecule has 5 aromatic rings. The average Bonchev–Trinajstić information content (AvgIpc) is 2.97. The van der Waals surface area contributed by atoms with Crippen molar-refractivity contribution in [3.05, 3.63) is 144 Å². The van der Waals surface area contributed by atoms with Crippen molar-refractivity contribution >= 4 is 12.1 Å². The molecule has 3 heteroatoms. The lowest BCUT2D eigenvalue weighted by atomic mass is 9.94. The van der Waals surface area contributed by atoms with Gasteiger partial charge >= 0.3 is 0 Å². The molecule has 0 heterocycles. The fourth-order valence-corrected chi connectivity index (χ4v) is 4.19. The van der Waals surface area contributed by atoms with Gasteiger partial charge in [0.25, 0.3) is 0 Å². The summed E-state index contributed by atoms with van der Waals surface area (Å²) in [6, 6.07) is 43.4. The maximum Gasteiger partial charge on any atom is 0.151 e. The zero-order valence-corrected chi connectivity index (χ0v) is 19.9. The quantitative estimate of drug-likeness (QED) is 0.197. The molecule has 36 heavy (non-hydrogen) atoms. The van der Waals surface area contributed by atoms with Gasteiger partial charge in [-0.25, -0.2) is 4.99 Å². The van der Waals surface area contributed by atoms with Gasteiger partial charge in [0.1, 0.15) is 0 Å². The summed E-state index contributed by atoms with van der Waals surface area (Å²) in [5, 5.41) is 8.35. The van der Waals surface area contributed by atoms with Crippen LogP contribution in [0.2, 0.25) is 0 Å². The molecule has 3 nitrogen and oxygen atoms in total. The number of nitrogens with zero attached hydrogens (tertiary/aromatic N) is 1. The van der Waals surface area contributed by atoms with Crippen LogP contribution >= 0.6 is 0 Å². The van der Waals surface area contributed by atoms with Crippen LogP contribution in [-0.2, 0) is 6.54 Å². The van der Waals surface area contributed by atoms with Gasteiger partial charge in [0.15, 0.2) is 5.84 Å². The van der Waals surface area contributed by atoms with Crippen molar-refractivity contribution in [3.63, 3.8) is 0 Å². The second-order valence-corrected chi connectivity index (χ2v) is 8.66. The summed E-state index contributed by atoms with van der Waals surface area (Å²) in [5.74, 6) is 0.238. The predicted octanol–water partition coefficient (Wildman–Crippen LogP) is 7.59. The normalized spacial score (nSPS) is 11.0. The van der Waals surface area contributed by atoms with Crippen molar-refractivity contribution in [3.8, 4) is 33.4 Å². The lowest BCUT2D eigenvalue weighted by molar-refractivity contribution is 1.07. The van der Waals surface area contributed by atoms with Crippen LogP contribution in [0, 0.1) is 5.41 Å². The molecule has 0 aliphatic heterocycles. The van der Waals surface area contributed by atoms with Gasteiger partial charge in [0.05, 0.1) is 0 Å². The number of hydrogen-bond donors (Lipinski definition) is 2. The van der Waals surface area contributed by atoms with Crippen molar-refractivity contribution in [2.45, 2.75) is 6.54 Å². The third-order valence-electron chi connectivity index (χ3n) is 6.19. The minimum Gasteiger partial charge on any atom is -0.326 e. The number of nitrogens with one attached hydrogen (secondary N) is 1. The van der Waals surface area contributed by atoms with E-state index in [-0.39, 0.29) is 5.84 Å². The molecule has 0 saturated heterocycles. The minimum absolute atomic E-state index is 0.238. The molecule has 0 aliphatic carbocycles. The highest BCUT2D eigenvalue weighted by Crippen LogP contribution is 2.30. The standard InChI is InChI=1S/C33H27N3/c34-22-24-11-13-28(14-12-24)31-19-25(23-36-33(35)30-9-5-2-6-10-30)20-32(21-31)29-17-15-27(16-18-29)26-7-3-1-4-8-26/h1-21,23,35H,22,34H2. The van der Waals surface area contributed by atoms with Gasteiger partial charge in [0, 0.05) is 18.3 Å². The molecule has 0 radical (unpaired) electrons. The Morgan fingerprint density at radius 1 is 0.583 bits per heavy atom. The van der Waals surface area contributed by atoms with E-state index in [4.69, 9.17) is 11.1 Å². The Balaban J connectivity index is 1.52. The highest BCUT2D eigenvalue weighted by Gasteiger charge is 2.07. The summed E-state index contributed by atoms with van der Waals surface area (Å²) < 4.78 is 0. The summed E-state index contributed by atoms with van der Waals surface area (Å²) in [6.07, 6.45) is 1.77. The summed E-state index contributed by atoms with van der Waals surface area (Å²) in [4.78, 5) is 4.46. The molecule has 0 unspecified atom stereocenters. The summed E-state index contributed by atoms with van der Waals surface area (Å²) in [7, 11) is 0. The van der Waals surface area contributed by atoms with Crippen LogP contribution in [0.15, 0.2) is 132 Å². The van der Waals surface area contributed by atoms with E-state index in [1.807, 2.05) is 36.4 Å². The Morgan fingerprint density at radius 3 is 1.61 bits per heavy atom. The zero-order valence-electron chi connectivity index (χ0n) is 19.9. The molecule has 5 rings (SSSR count). The van der Waals surface area contributed by atoms with E-state index in [9.17, 15) is 0 Å². The number of amidine groups is 1. The Hall–Kier alpha value is -4.60. The van der Waals surface area contributed by atoms with E-state index >= 15 is 0 Å². The van der Waals surface area contributed by atoms with Crippen LogP contribution in [0.3, 0.4) is 0 Å². The third kappa shape index (κ3) is 5.38. The predicted molar refractivity (Wildman–Crippen MR) is 152 cm³/mol. The monoisotopic (exact) mass is 465 g/mol. The van der Waals surface area contributed by atoms with E-state index in [0.717, 1.165) is 38.9 Å². The third-order valence-corrected chi connectivity index (χ3v) is 6.19. The summed E-state index contributed by atoms with van der Waals surface area (Å²) in [5.41, 5.74) is 15.4. The van der Waals surface area contributed by atoms with Crippen molar-refractivity contribution in [2.24, 2.45) is 10.7 Å². The minimum atomic E-state index is 0.238. The highest BCUT2D eigenvalue weighted by atomic mass is 14.8. The van der Waals surface area contributed by atoms with Gasteiger partial charge in [-0.05, 0) is 62.7 Å². The van der Waals surface area contributed by atoms with E-state index in [1.165, 1.54) is 11.1 Å². The lowest BCUT2D eigenvalue weighted by Gasteiger charge is -2.10. The number of hydrogen-bond acceptors (Lipinski definition) is 2. The first-order valence-electron chi connectivity index (χ1n) is 12.0. The SMILES string of the molecule is N=C(N=Cc1cc(-c2ccc(CN)cc2)cc(-c2ccc(-c3ccccc3)cc2)c1)c1ccccc1. The smallest absolute Gasteiger partial charge is 0.151 e. The van der Waals surface area contributed by atoms with Crippen molar-refractivity contribution in [1.29, 1.82) is 5.41 Å². The molecule has 0 atom stereocenters. The van der Waals surface area contributed by atoms with Crippen LogP contribution in [0.5, 0.6) is 0 Å². The molecule has 0 amide bonds. The first kappa shape index (κ1) is 23.2. The maximum atomic E-state index is 8.35. The fraction of sp³-hybridized carbons (Fsp3) is 0.0303. The molecule has 0 spiro atoms. The van der Waals surface area contributed by atoms with Crippen LogP contribution in [0.1, 0.15) is 16.7 Å². The van der Waals surface area contributed by atoms with Crippen LogP contribution in [0.4, 0.5) is 0 Å². The second-order valence-electron chi connectivity index (χ2n) is 8.66. The first-order valence-corrected chi connectivity index (χ1v) is 12.0. The van der Waals surface area contributed by atoms with Gasteiger partial charge in [-0.2, -0.15) is 0 Å². The second kappa shape index (κ2) is 10.8. The van der Waals surface area contributed by atoms with Crippen molar-refractivity contribution < 1.29 is 0 Å².